The van der Waals surface area contributed by atoms with Crippen molar-refractivity contribution in [3.05, 3.63) is 56.6 Å². The number of nitro groups is 1. The van der Waals surface area contributed by atoms with Crippen molar-refractivity contribution in [3.63, 3.8) is 0 Å². The van der Waals surface area contributed by atoms with E-state index in [0.717, 1.165) is 0 Å². The van der Waals surface area contributed by atoms with Crippen LogP contribution in [0.25, 0.3) is 0 Å². The van der Waals surface area contributed by atoms with Crippen LogP contribution >= 0.6 is 34.8 Å². The van der Waals surface area contributed by atoms with Gasteiger partial charge in [0.2, 0.25) is 5.75 Å². The fourth-order valence-electron chi connectivity index (χ4n) is 1.74. The van der Waals surface area contributed by atoms with Crippen LogP contribution in [0.1, 0.15) is 6.92 Å². The van der Waals surface area contributed by atoms with Crippen LogP contribution in [0.2, 0.25) is 10.0 Å². The van der Waals surface area contributed by atoms with E-state index in [1.165, 1.54) is 24.3 Å². The Balaban J connectivity index is 2.32. The molecule has 0 saturated heterocycles. The number of alkyl halides is 1. The second-order valence-corrected chi connectivity index (χ2v) is 5.80. The second-order valence-electron chi connectivity index (χ2n) is 4.65. The number of nitrogens with zero attached hydrogens (tertiary/aromatic N) is 1. The van der Waals surface area contributed by atoms with Crippen LogP contribution in [0.15, 0.2) is 36.4 Å². The Morgan fingerprint density at radius 1 is 1.17 bits per heavy atom. The molecular formula is C15H12Cl3NO4. The van der Waals surface area contributed by atoms with Gasteiger partial charge in [-0.1, -0.05) is 23.2 Å². The molecule has 0 spiro atoms. The van der Waals surface area contributed by atoms with Gasteiger partial charge in [0.25, 0.3) is 0 Å². The average molecular weight is 377 g/mol. The molecule has 0 aliphatic carbocycles. The molecule has 0 aromatic heterocycles. The number of hydrogen-bond donors (Lipinski definition) is 0. The lowest BCUT2D eigenvalue weighted by molar-refractivity contribution is -0.386. The third kappa shape index (κ3) is 4.64. The molecule has 2 aromatic carbocycles. The van der Waals surface area contributed by atoms with E-state index >= 15 is 0 Å². The smallest absolute Gasteiger partial charge is 0.311 e. The van der Waals surface area contributed by atoms with Crippen LogP contribution in [-0.4, -0.2) is 16.9 Å². The Hall–Kier alpha value is -1.69. The fraction of sp³-hybridized carbons (Fsp3) is 0.200. The van der Waals surface area contributed by atoms with Gasteiger partial charge in [-0.05, 0) is 31.2 Å². The largest absolute Gasteiger partial charge is 0.482 e. The van der Waals surface area contributed by atoms with Gasteiger partial charge in [0.05, 0.1) is 15.8 Å². The van der Waals surface area contributed by atoms with Crippen LogP contribution in [-0.2, 0) is 0 Å². The predicted molar refractivity (Wildman–Crippen MR) is 90.4 cm³/mol. The quantitative estimate of drug-likeness (QED) is 0.368. The highest BCUT2D eigenvalue weighted by molar-refractivity contribution is 6.35. The van der Waals surface area contributed by atoms with E-state index in [2.05, 4.69) is 0 Å². The molecule has 0 bridgehead atoms. The molecule has 0 fully saturated rings. The summed E-state index contributed by atoms with van der Waals surface area (Å²) in [5.74, 6) is 0.995. The normalized spacial score (nSPS) is 11.8. The lowest BCUT2D eigenvalue weighted by Crippen LogP contribution is -2.14. The van der Waals surface area contributed by atoms with Crippen molar-refractivity contribution in [2.24, 2.45) is 0 Å². The molecule has 0 radical (unpaired) electrons. The topological polar surface area (TPSA) is 61.6 Å². The summed E-state index contributed by atoms with van der Waals surface area (Å²) in [7, 11) is 0. The third-order valence-corrected chi connectivity index (χ3v) is 3.76. The fourth-order valence-corrected chi connectivity index (χ4v) is 2.25. The SMILES string of the molecule is CC(CCl)Oc1cc(Oc2ccc(Cl)cc2Cl)ccc1[N+](=O)[O-]. The van der Waals surface area contributed by atoms with Crippen molar-refractivity contribution < 1.29 is 14.4 Å². The first kappa shape index (κ1) is 17.7. The molecule has 2 aromatic rings. The Morgan fingerprint density at radius 2 is 1.91 bits per heavy atom. The van der Waals surface area contributed by atoms with Gasteiger partial charge in [0.15, 0.2) is 0 Å². The van der Waals surface area contributed by atoms with Gasteiger partial charge in [-0.3, -0.25) is 10.1 Å². The number of rotatable bonds is 6. The van der Waals surface area contributed by atoms with Crippen molar-refractivity contribution in [1.82, 2.24) is 0 Å². The molecule has 5 nitrogen and oxygen atoms in total. The maximum absolute atomic E-state index is 11.1. The molecule has 0 aliphatic rings. The molecule has 0 heterocycles. The predicted octanol–water partition coefficient (Wildman–Crippen LogP) is 5.70. The first-order valence-corrected chi connectivity index (χ1v) is 7.83. The molecule has 0 amide bonds. The highest BCUT2D eigenvalue weighted by atomic mass is 35.5. The second kappa shape index (κ2) is 7.73. The molecule has 0 N–H and O–H groups in total. The summed E-state index contributed by atoms with van der Waals surface area (Å²) in [4.78, 5) is 10.5. The molecule has 23 heavy (non-hydrogen) atoms. The van der Waals surface area contributed by atoms with E-state index in [1.54, 1.807) is 19.1 Å². The zero-order chi connectivity index (χ0) is 17.0. The average Bonchev–Trinajstić information content (AvgIpc) is 2.50. The van der Waals surface area contributed by atoms with Gasteiger partial charge >= 0.3 is 5.69 Å². The van der Waals surface area contributed by atoms with Crippen molar-refractivity contribution in [3.8, 4) is 17.2 Å². The van der Waals surface area contributed by atoms with Crippen molar-refractivity contribution in [2.45, 2.75) is 13.0 Å². The van der Waals surface area contributed by atoms with Gasteiger partial charge in [0, 0.05) is 17.2 Å². The number of ether oxygens (including phenoxy) is 2. The summed E-state index contributed by atoms with van der Waals surface area (Å²) in [6.07, 6.45) is -0.385. The monoisotopic (exact) mass is 375 g/mol. The van der Waals surface area contributed by atoms with Crippen LogP contribution in [0.3, 0.4) is 0 Å². The molecule has 1 unspecified atom stereocenters. The molecular weight excluding hydrogens is 365 g/mol. The van der Waals surface area contributed by atoms with E-state index in [0.29, 0.717) is 21.5 Å². The minimum Gasteiger partial charge on any atom is -0.482 e. The van der Waals surface area contributed by atoms with E-state index in [1.807, 2.05) is 0 Å². The summed E-state index contributed by atoms with van der Waals surface area (Å²) in [6, 6.07) is 8.95. The lowest BCUT2D eigenvalue weighted by atomic mass is 10.2. The molecule has 0 saturated carbocycles. The summed E-state index contributed by atoms with van der Waals surface area (Å²) < 4.78 is 11.1. The summed E-state index contributed by atoms with van der Waals surface area (Å²) in [5, 5.41) is 11.9. The Bertz CT molecular complexity index is 724. The maximum atomic E-state index is 11.1. The number of benzene rings is 2. The zero-order valence-electron chi connectivity index (χ0n) is 12.0. The van der Waals surface area contributed by atoms with Crippen molar-refractivity contribution in [2.75, 3.05) is 5.88 Å². The number of halogens is 3. The lowest BCUT2D eigenvalue weighted by Gasteiger charge is -2.13. The highest BCUT2D eigenvalue weighted by Gasteiger charge is 2.19. The minimum absolute atomic E-state index is 0.0748. The molecule has 8 heteroatoms. The van der Waals surface area contributed by atoms with Gasteiger partial charge in [0.1, 0.15) is 17.6 Å². The number of hydrogen-bond acceptors (Lipinski definition) is 4. The Labute approximate surface area is 147 Å². The van der Waals surface area contributed by atoms with E-state index in [4.69, 9.17) is 44.3 Å². The Kier molecular flexibility index (Phi) is 5.93. The van der Waals surface area contributed by atoms with Crippen molar-refractivity contribution >= 4 is 40.5 Å². The van der Waals surface area contributed by atoms with Gasteiger partial charge in [-0.25, -0.2) is 0 Å². The first-order valence-electron chi connectivity index (χ1n) is 6.54. The van der Waals surface area contributed by atoms with E-state index < -0.39 is 4.92 Å². The van der Waals surface area contributed by atoms with Crippen LogP contribution in [0, 0.1) is 10.1 Å². The van der Waals surface area contributed by atoms with Crippen molar-refractivity contribution in [1.29, 1.82) is 0 Å². The summed E-state index contributed by atoms with van der Waals surface area (Å²) >= 11 is 17.6. The van der Waals surface area contributed by atoms with Gasteiger partial charge < -0.3 is 9.47 Å². The minimum atomic E-state index is -0.532. The van der Waals surface area contributed by atoms with Gasteiger partial charge in [-0.15, -0.1) is 11.6 Å². The molecule has 2 rings (SSSR count). The molecule has 1 atom stereocenters. The maximum Gasteiger partial charge on any atom is 0.311 e. The third-order valence-electron chi connectivity index (χ3n) is 2.80. The number of nitro benzene ring substituents is 1. The first-order chi connectivity index (χ1) is 10.9. The van der Waals surface area contributed by atoms with Crippen LogP contribution in [0.4, 0.5) is 5.69 Å². The van der Waals surface area contributed by atoms with Crippen LogP contribution < -0.4 is 9.47 Å². The van der Waals surface area contributed by atoms with E-state index in [9.17, 15) is 10.1 Å². The standard InChI is InChI=1S/C15H12Cl3NO4/c1-9(8-16)22-15-7-11(3-4-13(15)19(20)21)23-14-5-2-10(17)6-12(14)18/h2-7,9H,8H2,1H3. The van der Waals surface area contributed by atoms with Gasteiger partial charge in [-0.2, -0.15) is 0 Å². The Morgan fingerprint density at radius 3 is 2.52 bits per heavy atom. The summed E-state index contributed by atoms with van der Waals surface area (Å²) in [5.41, 5.74) is -0.170. The highest BCUT2D eigenvalue weighted by Crippen LogP contribution is 2.36. The molecule has 122 valence electrons. The molecule has 0 aliphatic heterocycles. The van der Waals surface area contributed by atoms with E-state index in [-0.39, 0.29) is 23.4 Å². The summed E-state index contributed by atoms with van der Waals surface area (Å²) in [6.45, 7) is 1.71. The van der Waals surface area contributed by atoms with Crippen LogP contribution in [0.5, 0.6) is 17.2 Å². The zero-order valence-corrected chi connectivity index (χ0v) is 14.2.